The first-order chi connectivity index (χ1) is 10.0. The molecule has 1 heterocycles. The summed E-state index contributed by atoms with van der Waals surface area (Å²) in [7, 11) is 0. The zero-order valence-electron chi connectivity index (χ0n) is 10.4. The number of nitrogens with one attached hydrogen (secondary N) is 1. The third-order valence-electron chi connectivity index (χ3n) is 3.05. The second-order valence-corrected chi connectivity index (χ2v) is 5.54. The van der Waals surface area contributed by atoms with Crippen molar-refractivity contribution >= 4 is 38.4 Å². The summed E-state index contributed by atoms with van der Waals surface area (Å²) in [5, 5.41) is 0.298. The molecular weight excluding hydrogens is 363 g/mol. The molecule has 3 rings (SSSR count). The van der Waals surface area contributed by atoms with E-state index in [-0.39, 0.29) is 21.6 Å². The van der Waals surface area contributed by atoms with Gasteiger partial charge in [-0.05, 0) is 40.2 Å². The minimum absolute atomic E-state index is 0.0747. The van der Waals surface area contributed by atoms with Gasteiger partial charge in [0.1, 0.15) is 5.82 Å². The van der Waals surface area contributed by atoms with E-state index < -0.39 is 17.1 Å². The Labute approximate surface area is 130 Å². The van der Waals surface area contributed by atoms with Crippen LogP contribution in [0.3, 0.4) is 0 Å². The molecule has 4 nitrogen and oxygen atoms in total. The number of nitrogens with zero attached hydrogens (tertiary/aromatic N) is 1. The van der Waals surface area contributed by atoms with Crippen LogP contribution in [0.25, 0.3) is 16.6 Å². The fraction of sp³-hybridized carbons (Fsp3) is 0. The van der Waals surface area contributed by atoms with Gasteiger partial charge in [-0.25, -0.2) is 13.8 Å². The third-order valence-corrected chi connectivity index (χ3v) is 4.34. The molecule has 0 aliphatic heterocycles. The summed E-state index contributed by atoms with van der Waals surface area (Å²) >= 11 is 9.35. The summed E-state index contributed by atoms with van der Waals surface area (Å²) in [5.41, 5.74) is -1.27. The molecule has 106 valence electrons. The molecule has 0 aliphatic carbocycles. The van der Waals surface area contributed by atoms with Gasteiger partial charge in [-0.3, -0.25) is 4.79 Å². The summed E-state index contributed by atoms with van der Waals surface area (Å²) in [6, 6.07) is 8.89. The van der Waals surface area contributed by atoms with Gasteiger partial charge in [0.15, 0.2) is 0 Å². The van der Waals surface area contributed by atoms with E-state index in [2.05, 4.69) is 20.9 Å². The van der Waals surface area contributed by atoms with Crippen LogP contribution < -0.4 is 11.2 Å². The molecule has 0 bridgehead atoms. The van der Waals surface area contributed by atoms with E-state index in [1.54, 1.807) is 12.1 Å². The molecule has 0 radical (unpaired) electrons. The molecule has 0 saturated carbocycles. The maximum absolute atomic E-state index is 13.7. The zero-order valence-corrected chi connectivity index (χ0v) is 12.7. The van der Waals surface area contributed by atoms with Crippen molar-refractivity contribution in [2.24, 2.45) is 0 Å². The normalized spacial score (nSPS) is 11.0. The highest BCUT2D eigenvalue weighted by Crippen LogP contribution is 2.27. The van der Waals surface area contributed by atoms with E-state index in [1.165, 1.54) is 24.3 Å². The second-order valence-electron chi connectivity index (χ2n) is 4.31. The standard InChI is InChI=1S/C14H7BrClFN2O2/c15-8-4-2-6-10(11(8)16)19-13(20)7-3-1-5-9(17)12(7)18-14(19)21/h1-6H,(H,18,21). The molecule has 0 aliphatic rings. The molecular formula is C14H7BrClFN2O2. The summed E-state index contributed by atoms with van der Waals surface area (Å²) in [4.78, 5) is 27.0. The number of rotatable bonds is 1. The average Bonchev–Trinajstić information content (AvgIpc) is 2.45. The number of hydrogen-bond acceptors (Lipinski definition) is 2. The van der Waals surface area contributed by atoms with Crippen molar-refractivity contribution in [1.82, 2.24) is 9.55 Å². The van der Waals surface area contributed by atoms with Crippen molar-refractivity contribution in [3.8, 4) is 5.69 Å². The SMILES string of the molecule is O=c1[nH]c2c(F)cccc2c(=O)n1-c1cccc(Br)c1Cl. The van der Waals surface area contributed by atoms with Crippen LogP contribution in [0, 0.1) is 5.82 Å². The second kappa shape index (κ2) is 5.13. The van der Waals surface area contributed by atoms with Crippen LogP contribution >= 0.6 is 27.5 Å². The van der Waals surface area contributed by atoms with Crippen LogP contribution in [0.15, 0.2) is 50.5 Å². The van der Waals surface area contributed by atoms with Gasteiger partial charge in [0.25, 0.3) is 5.56 Å². The minimum Gasteiger partial charge on any atom is -0.304 e. The van der Waals surface area contributed by atoms with Crippen LogP contribution in [-0.2, 0) is 0 Å². The van der Waals surface area contributed by atoms with Gasteiger partial charge >= 0.3 is 5.69 Å². The molecule has 0 spiro atoms. The molecule has 1 N–H and O–H groups in total. The predicted octanol–water partition coefficient (Wildman–Crippen LogP) is 3.23. The molecule has 1 aromatic heterocycles. The summed E-state index contributed by atoms with van der Waals surface area (Å²) in [6.45, 7) is 0. The van der Waals surface area contributed by atoms with Gasteiger partial charge in [0, 0.05) is 4.47 Å². The van der Waals surface area contributed by atoms with Gasteiger partial charge in [-0.1, -0.05) is 23.7 Å². The number of H-pyrrole nitrogens is 1. The molecule has 0 atom stereocenters. The highest BCUT2D eigenvalue weighted by molar-refractivity contribution is 9.10. The minimum atomic E-state index is -0.752. The van der Waals surface area contributed by atoms with Crippen LogP contribution in [0.1, 0.15) is 0 Å². The lowest BCUT2D eigenvalue weighted by Crippen LogP contribution is -2.34. The number of fused-ring (bicyclic) bond motifs is 1. The van der Waals surface area contributed by atoms with E-state index >= 15 is 0 Å². The Hall–Kier alpha value is -1.92. The largest absolute Gasteiger partial charge is 0.333 e. The number of aromatic amines is 1. The summed E-state index contributed by atoms with van der Waals surface area (Å²) < 4.78 is 15.1. The van der Waals surface area contributed by atoms with Crippen LogP contribution in [-0.4, -0.2) is 9.55 Å². The van der Waals surface area contributed by atoms with E-state index in [4.69, 9.17) is 11.6 Å². The topological polar surface area (TPSA) is 54.9 Å². The van der Waals surface area contributed by atoms with Crippen LogP contribution in [0.4, 0.5) is 4.39 Å². The van der Waals surface area contributed by atoms with E-state index in [0.717, 1.165) is 4.57 Å². The first kappa shape index (κ1) is 14.0. The van der Waals surface area contributed by atoms with Gasteiger partial charge in [-0.2, -0.15) is 0 Å². The van der Waals surface area contributed by atoms with Crippen molar-refractivity contribution in [3.05, 3.63) is 72.5 Å². The highest BCUT2D eigenvalue weighted by atomic mass is 79.9. The van der Waals surface area contributed by atoms with E-state index in [9.17, 15) is 14.0 Å². The number of benzene rings is 2. The lowest BCUT2D eigenvalue weighted by atomic mass is 10.2. The Morgan fingerprint density at radius 1 is 1.14 bits per heavy atom. The van der Waals surface area contributed by atoms with Crippen molar-refractivity contribution in [2.45, 2.75) is 0 Å². The van der Waals surface area contributed by atoms with Crippen molar-refractivity contribution in [1.29, 1.82) is 0 Å². The molecule has 7 heteroatoms. The first-order valence-electron chi connectivity index (χ1n) is 5.88. The Kier molecular flexibility index (Phi) is 3.43. The van der Waals surface area contributed by atoms with E-state index in [1.807, 2.05) is 0 Å². The number of para-hydroxylation sites is 1. The smallest absolute Gasteiger partial charge is 0.304 e. The third kappa shape index (κ3) is 2.20. The van der Waals surface area contributed by atoms with Crippen molar-refractivity contribution in [2.75, 3.05) is 0 Å². The molecule has 3 aromatic rings. The molecule has 2 aromatic carbocycles. The number of halogens is 3. The van der Waals surface area contributed by atoms with Crippen LogP contribution in [0.2, 0.25) is 5.02 Å². The molecule has 0 saturated heterocycles. The zero-order chi connectivity index (χ0) is 15.1. The lowest BCUT2D eigenvalue weighted by molar-refractivity contribution is 0.635. The first-order valence-corrected chi connectivity index (χ1v) is 7.06. The van der Waals surface area contributed by atoms with Gasteiger partial charge in [0.2, 0.25) is 0 Å². The Balaban J connectivity index is 2.48. The van der Waals surface area contributed by atoms with Gasteiger partial charge in [0.05, 0.1) is 21.6 Å². The number of hydrogen-bond donors (Lipinski definition) is 1. The maximum Gasteiger partial charge on any atom is 0.333 e. The Morgan fingerprint density at radius 2 is 1.86 bits per heavy atom. The maximum atomic E-state index is 13.7. The van der Waals surface area contributed by atoms with Crippen molar-refractivity contribution in [3.63, 3.8) is 0 Å². The summed E-state index contributed by atoms with van der Waals surface area (Å²) in [6.07, 6.45) is 0. The molecule has 0 unspecified atom stereocenters. The average molecular weight is 370 g/mol. The highest BCUT2D eigenvalue weighted by Gasteiger charge is 2.15. The Bertz CT molecular complexity index is 981. The Morgan fingerprint density at radius 3 is 2.62 bits per heavy atom. The molecule has 0 fully saturated rings. The van der Waals surface area contributed by atoms with Crippen LogP contribution in [0.5, 0.6) is 0 Å². The van der Waals surface area contributed by atoms with Crippen molar-refractivity contribution < 1.29 is 4.39 Å². The van der Waals surface area contributed by atoms with Gasteiger partial charge in [-0.15, -0.1) is 0 Å². The van der Waals surface area contributed by atoms with E-state index in [0.29, 0.717) is 4.47 Å². The molecule has 0 amide bonds. The lowest BCUT2D eigenvalue weighted by Gasteiger charge is -2.09. The fourth-order valence-electron chi connectivity index (χ4n) is 2.09. The fourth-order valence-corrected chi connectivity index (χ4v) is 2.66. The monoisotopic (exact) mass is 368 g/mol. The summed E-state index contributed by atoms with van der Waals surface area (Å²) in [5.74, 6) is -0.658. The predicted molar refractivity (Wildman–Crippen MR) is 82.8 cm³/mol. The number of aromatic nitrogens is 2. The molecule has 21 heavy (non-hydrogen) atoms. The quantitative estimate of drug-likeness (QED) is 0.716. The van der Waals surface area contributed by atoms with Gasteiger partial charge < -0.3 is 4.98 Å².